The summed E-state index contributed by atoms with van der Waals surface area (Å²) >= 11 is 0. The largest absolute Gasteiger partial charge is 0.497 e. The number of imide groups is 1. The molecule has 0 atom stereocenters. The van der Waals surface area contributed by atoms with Crippen LogP contribution in [0.15, 0.2) is 72.0 Å². The van der Waals surface area contributed by atoms with E-state index in [2.05, 4.69) is 5.10 Å². The van der Waals surface area contributed by atoms with E-state index in [9.17, 15) is 9.59 Å². The van der Waals surface area contributed by atoms with E-state index in [1.807, 2.05) is 47.2 Å². The third kappa shape index (κ3) is 2.57. The Morgan fingerprint density at radius 2 is 1.54 bits per heavy atom. The molecule has 0 saturated heterocycles. The van der Waals surface area contributed by atoms with E-state index < -0.39 is 11.8 Å². The lowest BCUT2D eigenvalue weighted by Crippen LogP contribution is -2.24. The van der Waals surface area contributed by atoms with E-state index >= 15 is 0 Å². The molecule has 0 N–H and O–H groups in total. The fraction of sp³-hybridized carbons (Fsp3) is 0.0500. The Hall–Kier alpha value is -3.67. The molecular weight excluding hydrogens is 330 g/mol. The lowest BCUT2D eigenvalue weighted by Gasteiger charge is -2.09. The van der Waals surface area contributed by atoms with Crippen molar-refractivity contribution in [3.05, 3.63) is 83.7 Å². The minimum atomic E-state index is -0.413. The topological polar surface area (TPSA) is 63.9 Å². The van der Waals surface area contributed by atoms with Gasteiger partial charge < -0.3 is 9.30 Å². The predicted octanol–water partition coefficient (Wildman–Crippen LogP) is 3.12. The number of rotatable bonds is 4. The normalized spacial score (nSPS) is 13.5. The van der Waals surface area contributed by atoms with Crippen LogP contribution in [0, 0.1) is 0 Å². The van der Waals surface area contributed by atoms with E-state index in [4.69, 9.17) is 4.74 Å². The van der Waals surface area contributed by atoms with Crippen molar-refractivity contribution in [3.8, 4) is 11.4 Å². The Morgan fingerprint density at radius 3 is 2.15 bits per heavy atom. The molecule has 0 unspecified atom stereocenters. The van der Waals surface area contributed by atoms with Crippen LogP contribution in [0.25, 0.3) is 5.69 Å². The van der Waals surface area contributed by atoms with Gasteiger partial charge in [-0.3, -0.25) is 9.59 Å². The number of carbonyl (C=O) groups is 2. The number of nitrogens with zero attached hydrogens (tertiary/aromatic N) is 3. The Balaban J connectivity index is 1.62. The van der Waals surface area contributed by atoms with Crippen molar-refractivity contribution >= 4 is 18.0 Å². The number of fused-ring (bicyclic) bond motifs is 1. The first-order valence-electron chi connectivity index (χ1n) is 8.02. The fourth-order valence-electron chi connectivity index (χ4n) is 2.88. The first kappa shape index (κ1) is 15.8. The number of methoxy groups -OCH3 is 1. The minimum absolute atomic E-state index is 0.375. The van der Waals surface area contributed by atoms with Gasteiger partial charge in [0.05, 0.1) is 30.1 Å². The molecular formula is C20H15N3O3. The van der Waals surface area contributed by atoms with Crippen molar-refractivity contribution in [1.82, 2.24) is 9.58 Å². The highest BCUT2D eigenvalue weighted by Gasteiger charge is 2.35. The number of ether oxygens (including phenoxy) is 1. The number of hydrogen-bond acceptors (Lipinski definition) is 4. The molecule has 0 radical (unpaired) electrons. The lowest BCUT2D eigenvalue weighted by atomic mass is 10.1. The second-order valence-electron chi connectivity index (χ2n) is 5.71. The average molecular weight is 345 g/mol. The monoisotopic (exact) mass is 345 g/mol. The van der Waals surface area contributed by atoms with Crippen LogP contribution >= 0.6 is 0 Å². The molecule has 6 heteroatoms. The van der Waals surface area contributed by atoms with E-state index in [0.717, 1.165) is 22.1 Å². The smallest absolute Gasteiger partial charge is 0.282 e. The molecule has 2 heterocycles. The van der Waals surface area contributed by atoms with Gasteiger partial charge >= 0.3 is 0 Å². The molecule has 1 aliphatic rings. The van der Waals surface area contributed by atoms with E-state index in [0.29, 0.717) is 11.1 Å². The van der Waals surface area contributed by atoms with Gasteiger partial charge in [-0.1, -0.05) is 12.1 Å². The molecule has 3 aromatic rings. The molecule has 128 valence electrons. The summed E-state index contributed by atoms with van der Waals surface area (Å²) in [5.74, 6) is -0.0593. The standard InChI is InChI=1S/C20H15N3O3/c1-26-16-10-8-14(9-11-16)22-12-4-5-15(22)13-21-23-19(24)17-6-2-3-7-18(17)20(23)25/h2-13H,1H3/b21-13-. The third-order valence-electron chi connectivity index (χ3n) is 4.21. The highest BCUT2D eigenvalue weighted by Crippen LogP contribution is 2.23. The first-order valence-corrected chi connectivity index (χ1v) is 8.02. The molecule has 2 aromatic carbocycles. The Labute approximate surface area is 149 Å². The number of hydrazone groups is 1. The van der Waals surface area contributed by atoms with Gasteiger partial charge in [0.15, 0.2) is 0 Å². The van der Waals surface area contributed by atoms with Crippen molar-refractivity contribution in [3.63, 3.8) is 0 Å². The number of aromatic nitrogens is 1. The zero-order valence-corrected chi connectivity index (χ0v) is 14.0. The van der Waals surface area contributed by atoms with Gasteiger partial charge in [0.2, 0.25) is 0 Å². The molecule has 4 rings (SSSR count). The second-order valence-corrected chi connectivity index (χ2v) is 5.71. The third-order valence-corrected chi connectivity index (χ3v) is 4.21. The summed E-state index contributed by atoms with van der Waals surface area (Å²) < 4.78 is 7.07. The molecule has 0 spiro atoms. The average Bonchev–Trinajstić information content (AvgIpc) is 3.24. The molecule has 2 amide bonds. The first-order chi connectivity index (χ1) is 12.7. The molecule has 0 saturated carbocycles. The van der Waals surface area contributed by atoms with Gasteiger partial charge in [-0.2, -0.15) is 10.1 Å². The van der Waals surface area contributed by atoms with Crippen LogP contribution in [0.1, 0.15) is 26.4 Å². The van der Waals surface area contributed by atoms with Crippen LogP contribution in [-0.2, 0) is 0 Å². The second kappa shape index (κ2) is 6.33. The van der Waals surface area contributed by atoms with Crippen molar-refractivity contribution < 1.29 is 14.3 Å². The molecule has 0 aliphatic carbocycles. The summed E-state index contributed by atoms with van der Waals surface area (Å²) in [5.41, 5.74) is 2.41. The highest BCUT2D eigenvalue weighted by molar-refractivity contribution is 6.21. The van der Waals surface area contributed by atoms with Gasteiger partial charge in [-0.25, -0.2) is 0 Å². The SMILES string of the molecule is COc1ccc(-n2cccc2/C=N\N2C(=O)c3ccccc3C2=O)cc1. The fourth-order valence-corrected chi connectivity index (χ4v) is 2.88. The molecule has 0 bridgehead atoms. The van der Waals surface area contributed by atoms with E-state index in [1.165, 1.54) is 6.21 Å². The van der Waals surface area contributed by atoms with Crippen molar-refractivity contribution in [1.29, 1.82) is 0 Å². The summed E-state index contributed by atoms with van der Waals surface area (Å²) in [4.78, 5) is 24.7. The van der Waals surface area contributed by atoms with Gasteiger partial charge in [0.25, 0.3) is 11.8 Å². The maximum absolute atomic E-state index is 12.4. The molecule has 0 fully saturated rings. The Morgan fingerprint density at radius 1 is 0.885 bits per heavy atom. The summed E-state index contributed by atoms with van der Waals surface area (Å²) in [6.45, 7) is 0. The van der Waals surface area contributed by atoms with Crippen LogP contribution in [0.3, 0.4) is 0 Å². The van der Waals surface area contributed by atoms with Crippen LogP contribution in [0.4, 0.5) is 0 Å². The number of benzene rings is 2. The summed E-state index contributed by atoms with van der Waals surface area (Å²) in [5, 5.41) is 5.02. The number of hydrogen-bond donors (Lipinski definition) is 0. The molecule has 1 aromatic heterocycles. The maximum Gasteiger partial charge on any atom is 0.282 e. The zero-order chi connectivity index (χ0) is 18.1. The van der Waals surface area contributed by atoms with Crippen LogP contribution < -0.4 is 4.74 Å². The van der Waals surface area contributed by atoms with E-state index in [-0.39, 0.29) is 0 Å². The maximum atomic E-state index is 12.4. The minimum Gasteiger partial charge on any atom is -0.497 e. The Bertz CT molecular complexity index is 984. The predicted molar refractivity (Wildman–Crippen MR) is 96.9 cm³/mol. The lowest BCUT2D eigenvalue weighted by molar-refractivity contribution is 0.0660. The number of carbonyl (C=O) groups excluding carboxylic acids is 2. The van der Waals surface area contributed by atoms with E-state index in [1.54, 1.807) is 31.4 Å². The number of amides is 2. The van der Waals surface area contributed by atoms with Crippen molar-refractivity contribution in [2.24, 2.45) is 5.10 Å². The summed E-state index contributed by atoms with van der Waals surface area (Å²) in [7, 11) is 1.62. The zero-order valence-electron chi connectivity index (χ0n) is 14.0. The summed E-state index contributed by atoms with van der Waals surface area (Å²) in [6.07, 6.45) is 3.39. The van der Waals surface area contributed by atoms with Crippen molar-refractivity contribution in [2.45, 2.75) is 0 Å². The van der Waals surface area contributed by atoms with Gasteiger partial charge in [-0.05, 0) is 48.5 Å². The van der Waals surface area contributed by atoms with Crippen molar-refractivity contribution in [2.75, 3.05) is 7.11 Å². The van der Waals surface area contributed by atoms with Crippen LogP contribution in [-0.4, -0.2) is 34.7 Å². The van der Waals surface area contributed by atoms with Crippen LogP contribution in [0.2, 0.25) is 0 Å². The highest BCUT2D eigenvalue weighted by atomic mass is 16.5. The van der Waals surface area contributed by atoms with Gasteiger partial charge in [0, 0.05) is 11.9 Å². The van der Waals surface area contributed by atoms with Gasteiger partial charge in [-0.15, -0.1) is 0 Å². The Kier molecular flexibility index (Phi) is 3.85. The quantitative estimate of drug-likeness (QED) is 0.539. The van der Waals surface area contributed by atoms with Gasteiger partial charge in [0.1, 0.15) is 5.75 Å². The molecule has 26 heavy (non-hydrogen) atoms. The molecule has 6 nitrogen and oxygen atoms in total. The summed E-state index contributed by atoms with van der Waals surface area (Å²) in [6, 6.07) is 18.0. The molecule has 1 aliphatic heterocycles. The van der Waals surface area contributed by atoms with Crippen LogP contribution in [0.5, 0.6) is 5.75 Å².